The summed E-state index contributed by atoms with van der Waals surface area (Å²) >= 11 is 1.66. The fourth-order valence-electron chi connectivity index (χ4n) is 2.12. The molecule has 0 spiro atoms. The van der Waals surface area contributed by atoms with E-state index in [1.54, 1.807) is 28.7 Å². The Morgan fingerprint density at radius 1 is 1.00 bits per heavy atom. The minimum atomic E-state index is 0.986. The summed E-state index contributed by atoms with van der Waals surface area (Å²) in [7, 11) is 0. The molecule has 20 heavy (non-hydrogen) atoms. The lowest BCUT2D eigenvalue weighted by Gasteiger charge is -2.03. The maximum absolute atomic E-state index is 4.36. The van der Waals surface area contributed by atoms with Crippen molar-refractivity contribution < 1.29 is 0 Å². The monoisotopic (exact) mass is 279 g/mol. The molecule has 3 aromatic heterocycles. The highest BCUT2D eigenvalue weighted by atomic mass is 32.1. The van der Waals surface area contributed by atoms with Gasteiger partial charge in [0.05, 0.1) is 15.9 Å². The lowest BCUT2D eigenvalue weighted by Crippen LogP contribution is -1.93. The number of nitrogens with zero attached hydrogens (tertiary/aromatic N) is 5. The van der Waals surface area contributed by atoms with Gasteiger partial charge >= 0.3 is 0 Å². The summed E-state index contributed by atoms with van der Waals surface area (Å²) in [5, 5.41) is 6.23. The molecule has 4 rings (SSSR count). The van der Waals surface area contributed by atoms with Crippen molar-refractivity contribution in [3.8, 4) is 16.8 Å². The van der Waals surface area contributed by atoms with Crippen LogP contribution in [-0.2, 0) is 0 Å². The van der Waals surface area contributed by atoms with Gasteiger partial charge < -0.3 is 0 Å². The molecule has 0 fully saturated rings. The van der Waals surface area contributed by atoms with E-state index >= 15 is 0 Å². The molecule has 0 N–H and O–H groups in total. The lowest BCUT2D eigenvalue weighted by molar-refractivity contribution is 0.879. The van der Waals surface area contributed by atoms with E-state index in [1.165, 1.54) is 6.33 Å². The highest BCUT2D eigenvalue weighted by molar-refractivity contribution is 7.17. The number of aromatic nitrogens is 5. The van der Waals surface area contributed by atoms with Gasteiger partial charge in [-0.3, -0.25) is 0 Å². The Morgan fingerprint density at radius 3 is 2.70 bits per heavy atom. The molecule has 0 saturated heterocycles. The van der Waals surface area contributed by atoms with Crippen molar-refractivity contribution >= 4 is 21.6 Å². The Kier molecular flexibility index (Phi) is 2.53. The molecule has 6 heteroatoms. The fraction of sp³-hybridized carbons (Fsp3) is 0. The lowest BCUT2D eigenvalue weighted by atomic mass is 10.1. The second-order valence-corrected chi connectivity index (χ2v) is 5.18. The summed E-state index contributed by atoms with van der Waals surface area (Å²) < 4.78 is 2.83. The van der Waals surface area contributed by atoms with Gasteiger partial charge in [0.15, 0.2) is 0 Å². The Balaban J connectivity index is 1.79. The molecule has 5 nitrogen and oxygen atoms in total. The van der Waals surface area contributed by atoms with Gasteiger partial charge in [0.2, 0.25) is 0 Å². The van der Waals surface area contributed by atoms with E-state index in [9.17, 15) is 0 Å². The Bertz CT molecular complexity index is 849. The summed E-state index contributed by atoms with van der Waals surface area (Å²) in [6, 6.07) is 8.19. The van der Waals surface area contributed by atoms with Gasteiger partial charge in [-0.05, 0) is 17.7 Å². The number of rotatable bonds is 2. The van der Waals surface area contributed by atoms with Crippen LogP contribution in [0.2, 0.25) is 0 Å². The van der Waals surface area contributed by atoms with Crippen LogP contribution in [0.3, 0.4) is 0 Å². The Labute approximate surface area is 118 Å². The molecule has 0 amide bonds. The first-order chi connectivity index (χ1) is 9.92. The maximum atomic E-state index is 4.36. The molecule has 0 bridgehead atoms. The summed E-state index contributed by atoms with van der Waals surface area (Å²) in [5.41, 5.74) is 4.26. The van der Waals surface area contributed by atoms with Crippen molar-refractivity contribution in [1.82, 2.24) is 24.7 Å². The standard InChI is InChI=1S/C14H9N5S/c1-3-11(19-9-16-8-18-19)4-2-10(1)12-6-20-13-5-15-7-17-14(12)13/h1-9H. The van der Waals surface area contributed by atoms with Crippen LogP contribution in [0.15, 0.2) is 54.8 Å². The first-order valence-electron chi connectivity index (χ1n) is 6.04. The second-order valence-electron chi connectivity index (χ2n) is 4.27. The molecule has 0 saturated carbocycles. The van der Waals surface area contributed by atoms with Crippen molar-refractivity contribution in [3.05, 3.63) is 54.8 Å². The molecule has 0 radical (unpaired) electrons. The van der Waals surface area contributed by atoms with E-state index in [4.69, 9.17) is 0 Å². The molecule has 96 valence electrons. The summed E-state index contributed by atoms with van der Waals surface area (Å²) in [4.78, 5) is 12.4. The molecule has 0 aliphatic rings. The van der Waals surface area contributed by atoms with Gasteiger partial charge in [0.25, 0.3) is 0 Å². The molecule has 0 aliphatic heterocycles. The smallest absolute Gasteiger partial charge is 0.138 e. The number of fused-ring (bicyclic) bond motifs is 1. The zero-order valence-electron chi connectivity index (χ0n) is 10.3. The van der Waals surface area contributed by atoms with Crippen LogP contribution >= 0.6 is 11.3 Å². The van der Waals surface area contributed by atoms with Crippen molar-refractivity contribution in [3.63, 3.8) is 0 Å². The third-order valence-corrected chi connectivity index (χ3v) is 4.01. The molecule has 0 unspecified atom stereocenters. The van der Waals surface area contributed by atoms with E-state index in [2.05, 4.69) is 37.6 Å². The van der Waals surface area contributed by atoms with E-state index in [0.29, 0.717) is 0 Å². The second kappa shape index (κ2) is 4.50. The van der Waals surface area contributed by atoms with Gasteiger partial charge in [0.1, 0.15) is 19.0 Å². The molecule has 1 aromatic carbocycles. The number of thiophene rings is 1. The highest BCUT2D eigenvalue weighted by Gasteiger charge is 2.07. The van der Waals surface area contributed by atoms with Crippen molar-refractivity contribution in [2.24, 2.45) is 0 Å². The van der Waals surface area contributed by atoms with E-state index in [1.807, 2.05) is 18.3 Å². The largest absolute Gasteiger partial charge is 0.243 e. The van der Waals surface area contributed by atoms with E-state index in [-0.39, 0.29) is 0 Å². The molecule has 0 atom stereocenters. The molecular weight excluding hydrogens is 270 g/mol. The molecule has 4 aromatic rings. The fourth-order valence-corrected chi connectivity index (χ4v) is 3.01. The van der Waals surface area contributed by atoms with Crippen molar-refractivity contribution in [2.45, 2.75) is 0 Å². The Hall–Kier alpha value is -2.60. The van der Waals surface area contributed by atoms with Crippen LogP contribution in [0, 0.1) is 0 Å². The normalized spacial score (nSPS) is 11.0. The number of hydrogen-bond donors (Lipinski definition) is 0. The quantitative estimate of drug-likeness (QED) is 0.566. The average molecular weight is 279 g/mol. The average Bonchev–Trinajstić information content (AvgIpc) is 3.17. The number of benzene rings is 1. The third kappa shape index (κ3) is 1.78. The van der Waals surface area contributed by atoms with Crippen molar-refractivity contribution in [2.75, 3.05) is 0 Å². The third-order valence-electron chi connectivity index (χ3n) is 3.10. The SMILES string of the molecule is c1ncc2scc(-c3ccc(-n4cncn4)cc3)c2n1. The molecule has 0 aliphatic carbocycles. The minimum Gasteiger partial charge on any atom is -0.243 e. The van der Waals surface area contributed by atoms with Crippen LogP contribution in [0.25, 0.3) is 27.0 Å². The van der Waals surface area contributed by atoms with Crippen LogP contribution in [0.1, 0.15) is 0 Å². The maximum Gasteiger partial charge on any atom is 0.138 e. The van der Waals surface area contributed by atoms with Gasteiger partial charge in [-0.25, -0.2) is 19.6 Å². The van der Waals surface area contributed by atoms with Crippen molar-refractivity contribution in [1.29, 1.82) is 0 Å². The first kappa shape index (κ1) is 11.2. The first-order valence-corrected chi connectivity index (χ1v) is 6.92. The predicted octanol–water partition coefficient (Wildman–Crippen LogP) is 2.94. The van der Waals surface area contributed by atoms with Crippen LogP contribution < -0.4 is 0 Å². The number of hydrogen-bond acceptors (Lipinski definition) is 5. The van der Waals surface area contributed by atoms with Crippen LogP contribution in [0.5, 0.6) is 0 Å². The summed E-state index contributed by atoms with van der Waals surface area (Å²) in [6.45, 7) is 0. The van der Waals surface area contributed by atoms with Crippen LogP contribution in [-0.4, -0.2) is 24.7 Å². The van der Waals surface area contributed by atoms with Gasteiger partial charge in [-0.2, -0.15) is 5.10 Å². The highest BCUT2D eigenvalue weighted by Crippen LogP contribution is 2.32. The van der Waals surface area contributed by atoms with Gasteiger partial charge in [0, 0.05) is 17.1 Å². The Morgan fingerprint density at radius 2 is 1.90 bits per heavy atom. The van der Waals surface area contributed by atoms with Crippen LogP contribution in [0.4, 0.5) is 0 Å². The van der Waals surface area contributed by atoms with Gasteiger partial charge in [-0.1, -0.05) is 12.1 Å². The summed E-state index contributed by atoms with van der Waals surface area (Å²) in [5.74, 6) is 0. The van der Waals surface area contributed by atoms with Gasteiger partial charge in [-0.15, -0.1) is 11.3 Å². The van der Waals surface area contributed by atoms with E-state index < -0.39 is 0 Å². The van der Waals surface area contributed by atoms with E-state index in [0.717, 1.165) is 27.0 Å². The summed E-state index contributed by atoms with van der Waals surface area (Å²) in [6.07, 6.45) is 6.64. The zero-order valence-corrected chi connectivity index (χ0v) is 11.2. The molecule has 3 heterocycles. The zero-order chi connectivity index (χ0) is 13.4. The minimum absolute atomic E-state index is 0.986. The topological polar surface area (TPSA) is 56.5 Å². The predicted molar refractivity (Wildman–Crippen MR) is 77.8 cm³/mol. The molecular formula is C14H9N5S.